The number of nitrogens with zero attached hydrogens (tertiary/aromatic N) is 1. The Bertz CT molecular complexity index is 342. The third kappa shape index (κ3) is 4.38. The highest BCUT2D eigenvalue weighted by Gasteiger charge is 2.66. The Morgan fingerprint density at radius 3 is 2.00 bits per heavy atom. The molecule has 4 N–H and O–H groups in total. The van der Waals surface area contributed by atoms with Gasteiger partial charge in [-0.05, 0) is 42.3 Å². The smallest absolute Gasteiger partial charge is 0.357 e. The molecule has 0 aromatic carbocycles. The van der Waals surface area contributed by atoms with Crippen LogP contribution in [0.15, 0.2) is 5.10 Å². The predicted octanol–water partition coefficient (Wildman–Crippen LogP) is 1.98. The molecule has 0 rings (SSSR count). The van der Waals surface area contributed by atoms with Crippen molar-refractivity contribution in [1.82, 2.24) is 5.43 Å². The van der Waals surface area contributed by atoms with Crippen molar-refractivity contribution in [2.24, 2.45) is 10.8 Å². The lowest BCUT2D eigenvalue weighted by atomic mass is 9.97. The minimum absolute atomic E-state index is 0.312. The Kier molecular flexibility index (Phi) is 5.60. The molecular weight excluding hydrogens is 321 g/mol. The van der Waals surface area contributed by atoms with Crippen LogP contribution in [0.4, 0.5) is 17.6 Å². The quantitative estimate of drug-likeness (QED) is 0.237. The lowest BCUT2D eigenvalue weighted by Crippen LogP contribution is -2.56. The molecule has 0 atom stereocenters. The lowest BCUT2D eigenvalue weighted by Gasteiger charge is -2.34. The zero-order chi connectivity index (χ0) is 14.8. The maximum atomic E-state index is 12.9. The number of nitrogens with one attached hydrogen (secondary N) is 1. The molecule has 18 heavy (non-hydrogen) atoms. The molecule has 0 saturated heterocycles. The standard InChI is InChI=1S/C7H9Cl2F4N3OS/c1-3(15-16-4(14)18)2-5(17,6(8,10)11)7(9,12)13/h17H,2H2,1H3,(H3,14,16,18). The third-order valence-electron chi connectivity index (χ3n) is 1.81. The predicted molar refractivity (Wildman–Crippen MR) is 64.2 cm³/mol. The van der Waals surface area contributed by atoms with Crippen molar-refractivity contribution >= 4 is 46.2 Å². The first-order valence-corrected chi connectivity index (χ1v) is 5.42. The van der Waals surface area contributed by atoms with E-state index in [4.69, 9.17) is 5.73 Å². The van der Waals surface area contributed by atoms with Crippen LogP contribution in [-0.4, -0.2) is 32.3 Å². The minimum atomic E-state index is -4.67. The van der Waals surface area contributed by atoms with E-state index in [0.29, 0.717) is 0 Å². The molecule has 11 heteroatoms. The fourth-order valence-electron chi connectivity index (χ4n) is 0.921. The summed E-state index contributed by atoms with van der Waals surface area (Å²) in [5.41, 5.74) is 2.60. The van der Waals surface area contributed by atoms with Gasteiger partial charge in [0.25, 0.3) is 0 Å². The van der Waals surface area contributed by atoms with E-state index in [0.717, 1.165) is 6.92 Å². The molecule has 0 amide bonds. The highest BCUT2D eigenvalue weighted by atomic mass is 35.5. The molecule has 106 valence electrons. The highest BCUT2D eigenvalue weighted by molar-refractivity contribution is 7.80. The summed E-state index contributed by atoms with van der Waals surface area (Å²) in [6.45, 7) is 1.07. The van der Waals surface area contributed by atoms with E-state index in [2.05, 4.69) is 40.5 Å². The van der Waals surface area contributed by atoms with Crippen LogP contribution in [0, 0.1) is 0 Å². The summed E-state index contributed by atoms with van der Waals surface area (Å²) in [6, 6.07) is 0. The molecule has 0 aliphatic heterocycles. The van der Waals surface area contributed by atoms with E-state index in [-0.39, 0.29) is 10.8 Å². The van der Waals surface area contributed by atoms with Crippen molar-refractivity contribution < 1.29 is 22.7 Å². The number of alkyl halides is 6. The van der Waals surface area contributed by atoms with E-state index in [1.54, 1.807) is 0 Å². The van der Waals surface area contributed by atoms with Crippen LogP contribution < -0.4 is 11.2 Å². The van der Waals surface area contributed by atoms with Gasteiger partial charge in [-0.2, -0.15) is 22.7 Å². The summed E-state index contributed by atoms with van der Waals surface area (Å²) in [6.07, 6.45) is -1.30. The number of nitrogens with two attached hydrogens (primary N) is 1. The molecule has 0 heterocycles. The van der Waals surface area contributed by atoms with Crippen LogP contribution in [0.2, 0.25) is 0 Å². The molecule has 0 aliphatic carbocycles. The SMILES string of the molecule is CC(CC(O)(C(F)(F)Cl)C(F)(F)Cl)=NNC(N)=S. The maximum absolute atomic E-state index is 12.9. The first-order chi connectivity index (χ1) is 7.81. The Labute approximate surface area is 115 Å². The van der Waals surface area contributed by atoms with E-state index in [1.807, 2.05) is 5.43 Å². The molecule has 0 unspecified atom stereocenters. The maximum Gasteiger partial charge on any atom is 0.357 e. The molecule has 0 spiro atoms. The molecule has 0 bridgehead atoms. The average Bonchev–Trinajstić information content (AvgIpc) is 2.10. The first kappa shape index (κ1) is 17.6. The van der Waals surface area contributed by atoms with E-state index < -0.39 is 22.8 Å². The lowest BCUT2D eigenvalue weighted by molar-refractivity contribution is -0.212. The van der Waals surface area contributed by atoms with Crippen molar-refractivity contribution in [3.05, 3.63) is 0 Å². The molecule has 0 aromatic heterocycles. The zero-order valence-corrected chi connectivity index (χ0v) is 11.2. The number of hydrogen-bond acceptors (Lipinski definition) is 3. The summed E-state index contributed by atoms with van der Waals surface area (Å²) in [4.78, 5) is 0. The molecule has 0 saturated carbocycles. The Hall–Kier alpha value is -0.380. The van der Waals surface area contributed by atoms with Crippen LogP contribution in [0.25, 0.3) is 0 Å². The summed E-state index contributed by atoms with van der Waals surface area (Å²) >= 11 is 13.3. The third-order valence-corrected chi connectivity index (χ3v) is 2.52. The molecular formula is C7H9Cl2F4N3OS. The molecule has 0 aromatic rings. The summed E-state index contributed by atoms with van der Waals surface area (Å²) in [5.74, 6) is 0. The zero-order valence-electron chi connectivity index (χ0n) is 8.85. The molecule has 0 aliphatic rings. The highest BCUT2D eigenvalue weighted by Crippen LogP contribution is 2.48. The fourth-order valence-corrected chi connectivity index (χ4v) is 1.39. The summed E-state index contributed by atoms with van der Waals surface area (Å²) in [7, 11) is 0. The van der Waals surface area contributed by atoms with Crippen LogP contribution in [-0.2, 0) is 0 Å². The van der Waals surface area contributed by atoms with Crippen LogP contribution >= 0.6 is 35.4 Å². The number of hydrogen-bond donors (Lipinski definition) is 3. The second-order valence-corrected chi connectivity index (χ2v) is 4.74. The van der Waals surface area contributed by atoms with E-state index in [1.165, 1.54) is 0 Å². The van der Waals surface area contributed by atoms with Crippen molar-refractivity contribution in [2.75, 3.05) is 0 Å². The van der Waals surface area contributed by atoms with Gasteiger partial charge < -0.3 is 10.8 Å². The van der Waals surface area contributed by atoms with Gasteiger partial charge >= 0.3 is 10.8 Å². The summed E-state index contributed by atoms with van der Waals surface area (Å²) in [5, 5.41) is 2.93. The monoisotopic (exact) mass is 329 g/mol. The van der Waals surface area contributed by atoms with E-state index >= 15 is 0 Å². The number of rotatable bonds is 5. The van der Waals surface area contributed by atoms with Gasteiger partial charge in [-0.15, -0.1) is 0 Å². The van der Waals surface area contributed by atoms with Crippen molar-refractivity contribution in [2.45, 2.75) is 29.7 Å². The Morgan fingerprint density at radius 1 is 1.33 bits per heavy atom. The van der Waals surface area contributed by atoms with Gasteiger partial charge in [-0.3, -0.25) is 5.43 Å². The summed E-state index contributed by atoms with van der Waals surface area (Å²) < 4.78 is 51.4. The van der Waals surface area contributed by atoms with Crippen LogP contribution in [0.1, 0.15) is 13.3 Å². The second-order valence-electron chi connectivity index (χ2n) is 3.36. The number of hydrazone groups is 1. The van der Waals surface area contributed by atoms with Gasteiger partial charge in [-0.25, -0.2) is 0 Å². The Balaban J connectivity index is 5.18. The number of halogens is 6. The van der Waals surface area contributed by atoms with Crippen molar-refractivity contribution in [3.8, 4) is 0 Å². The second kappa shape index (κ2) is 5.72. The molecule has 0 radical (unpaired) electrons. The topological polar surface area (TPSA) is 70.6 Å². The fraction of sp³-hybridized carbons (Fsp3) is 0.714. The van der Waals surface area contributed by atoms with Crippen LogP contribution in [0.5, 0.6) is 0 Å². The molecule has 4 nitrogen and oxygen atoms in total. The number of thiocarbonyl (C=S) groups is 1. The largest absolute Gasteiger partial charge is 0.376 e. The van der Waals surface area contributed by atoms with Gasteiger partial charge in [0.15, 0.2) is 5.11 Å². The van der Waals surface area contributed by atoms with Gasteiger partial charge in [0, 0.05) is 12.1 Å². The first-order valence-electron chi connectivity index (χ1n) is 4.25. The van der Waals surface area contributed by atoms with Crippen molar-refractivity contribution in [3.63, 3.8) is 0 Å². The van der Waals surface area contributed by atoms with Crippen LogP contribution in [0.3, 0.4) is 0 Å². The molecule has 0 fully saturated rings. The van der Waals surface area contributed by atoms with Gasteiger partial charge in [0.05, 0.1) is 0 Å². The minimum Gasteiger partial charge on any atom is -0.376 e. The van der Waals surface area contributed by atoms with Crippen molar-refractivity contribution in [1.29, 1.82) is 0 Å². The van der Waals surface area contributed by atoms with E-state index in [9.17, 15) is 22.7 Å². The number of aliphatic hydroxyl groups is 1. The average molecular weight is 330 g/mol. The van der Waals surface area contributed by atoms with Gasteiger partial charge in [0.1, 0.15) is 0 Å². The van der Waals surface area contributed by atoms with Gasteiger partial charge in [0.2, 0.25) is 5.60 Å². The van der Waals surface area contributed by atoms with Gasteiger partial charge in [-0.1, -0.05) is 0 Å². The normalized spacial score (nSPS) is 14.6. The Morgan fingerprint density at radius 2 is 1.72 bits per heavy atom.